The highest BCUT2D eigenvalue weighted by Crippen LogP contribution is 2.24. The molecule has 0 atom stereocenters. The molecule has 0 aliphatic carbocycles. The van der Waals surface area contributed by atoms with Crippen LogP contribution in [0.25, 0.3) is 11.6 Å². The van der Waals surface area contributed by atoms with E-state index in [4.69, 9.17) is 10.00 Å². The molecule has 96 valence electrons. The average Bonchev–Trinajstić information content (AvgIpc) is 2.53. The van der Waals surface area contributed by atoms with Gasteiger partial charge in [0.2, 0.25) is 0 Å². The Bertz CT molecular complexity index is 733. The number of nitrogens with zero attached hydrogens (tertiary/aromatic N) is 2. The number of allylic oxidation sites excluding steroid dienone is 1. The fraction of sp³-hybridized carbons (Fsp3) is 0.0588. The highest BCUT2D eigenvalue weighted by Gasteiger charge is 2.05. The molecule has 0 aliphatic rings. The van der Waals surface area contributed by atoms with Crippen LogP contribution in [0.3, 0.4) is 0 Å². The first kappa shape index (κ1) is 13.4. The molecule has 0 unspecified atom stereocenters. The Balaban J connectivity index is 2.49. The summed E-state index contributed by atoms with van der Waals surface area (Å²) in [4.78, 5) is 0. The Hall–Kier alpha value is -3.04. The molecule has 0 amide bonds. The number of rotatable bonds is 3. The van der Waals surface area contributed by atoms with Gasteiger partial charge in [0.15, 0.2) is 0 Å². The normalized spacial score (nSPS) is 10.4. The molecule has 0 aromatic heterocycles. The van der Waals surface area contributed by atoms with Gasteiger partial charge in [0.05, 0.1) is 30.4 Å². The molecule has 0 fully saturated rings. The molecule has 0 saturated carbocycles. The van der Waals surface area contributed by atoms with Gasteiger partial charge in [-0.25, -0.2) is 0 Å². The minimum atomic E-state index is 0.492. The number of methoxy groups -OCH3 is 1. The van der Waals surface area contributed by atoms with Gasteiger partial charge in [0.25, 0.3) is 0 Å². The predicted octanol–water partition coefficient (Wildman–Crippen LogP) is 3.63. The summed E-state index contributed by atoms with van der Waals surface area (Å²) in [5.74, 6) is 0.705. The molecular formula is C17H12N2O. The average molecular weight is 260 g/mol. The largest absolute Gasteiger partial charge is 0.496 e. The third-order valence-corrected chi connectivity index (χ3v) is 2.86. The molecule has 0 radical (unpaired) electrons. The minimum Gasteiger partial charge on any atom is -0.496 e. The van der Waals surface area contributed by atoms with Gasteiger partial charge < -0.3 is 4.74 Å². The Morgan fingerprint density at radius 2 is 1.90 bits per heavy atom. The second-order valence-corrected chi connectivity index (χ2v) is 4.10. The second-order valence-electron chi connectivity index (χ2n) is 4.10. The van der Waals surface area contributed by atoms with Crippen LogP contribution < -0.4 is 4.74 Å². The highest BCUT2D eigenvalue weighted by molar-refractivity contribution is 5.90. The molecular weight excluding hydrogens is 248 g/mol. The van der Waals surface area contributed by atoms with E-state index >= 15 is 0 Å². The molecule has 0 N–H and O–H groups in total. The van der Waals surface area contributed by atoms with Gasteiger partial charge >= 0.3 is 0 Å². The lowest BCUT2D eigenvalue weighted by atomic mass is 10.0. The SMILES string of the molecule is COc1ccccc1/C=C(\C#N)c1cccc(C#N)c1. The summed E-state index contributed by atoms with van der Waals surface area (Å²) in [7, 11) is 1.59. The summed E-state index contributed by atoms with van der Waals surface area (Å²) in [5, 5.41) is 18.2. The van der Waals surface area contributed by atoms with Crippen LogP contribution in [0.1, 0.15) is 16.7 Å². The Labute approximate surface area is 118 Å². The third-order valence-electron chi connectivity index (χ3n) is 2.86. The number of ether oxygens (including phenoxy) is 1. The van der Waals surface area contributed by atoms with E-state index in [2.05, 4.69) is 12.1 Å². The predicted molar refractivity (Wildman–Crippen MR) is 77.6 cm³/mol. The van der Waals surface area contributed by atoms with Crippen molar-refractivity contribution >= 4 is 11.6 Å². The van der Waals surface area contributed by atoms with Crippen molar-refractivity contribution in [3.05, 3.63) is 65.2 Å². The summed E-state index contributed by atoms with van der Waals surface area (Å²) in [6, 6.07) is 18.7. The Morgan fingerprint density at radius 3 is 2.60 bits per heavy atom. The van der Waals surface area contributed by atoms with Crippen LogP contribution >= 0.6 is 0 Å². The number of nitriles is 2. The standard InChI is InChI=1S/C17H12N2O/c1-20-17-8-3-2-6-15(17)10-16(12-19)14-7-4-5-13(9-14)11-18/h2-10H,1H3/b16-10+. The molecule has 2 aromatic carbocycles. The van der Waals surface area contributed by atoms with Gasteiger partial charge in [-0.15, -0.1) is 0 Å². The lowest BCUT2D eigenvalue weighted by Gasteiger charge is -2.05. The zero-order chi connectivity index (χ0) is 14.4. The molecule has 3 heteroatoms. The number of benzene rings is 2. The zero-order valence-corrected chi connectivity index (χ0v) is 11.0. The van der Waals surface area contributed by atoms with E-state index in [0.717, 1.165) is 11.1 Å². The first-order valence-corrected chi connectivity index (χ1v) is 6.04. The molecule has 0 saturated heterocycles. The van der Waals surface area contributed by atoms with Crippen molar-refractivity contribution in [3.63, 3.8) is 0 Å². The van der Waals surface area contributed by atoms with Crippen LogP contribution in [0.15, 0.2) is 48.5 Å². The quantitative estimate of drug-likeness (QED) is 0.625. The molecule has 20 heavy (non-hydrogen) atoms. The molecule has 2 rings (SSSR count). The van der Waals surface area contributed by atoms with Crippen LogP contribution in [0.5, 0.6) is 5.75 Å². The molecule has 0 spiro atoms. The van der Waals surface area contributed by atoms with Gasteiger partial charge in [-0.2, -0.15) is 10.5 Å². The van der Waals surface area contributed by atoms with Gasteiger partial charge in [0, 0.05) is 5.56 Å². The van der Waals surface area contributed by atoms with E-state index in [9.17, 15) is 5.26 Å². The molecule has 0 aliphatic heterocycles. The Morgan fingerprint density at radius 1 is 1.10 bits per heavy atom. The van der Waals surface area contributed by atoms with Gasteiger partial charge in [0.1, 0.15) is 5.75 Å². The van der Waals surface area contributed by atoms with Crippen molar-refractivity contribution in [2.45, 2.75) is 0 Å². The van der Waals surface area contributed by atoms with Crippen LogP contribution in [0, 0.1) is 22.7 Å². The zero-order valence-electron chi connectivity index (χ0n) is 11.0. The second kappa shape index (κ2) is 6.22. The Kier molecular flexibility index (Phi) is 4.17. The van der Waals surface area contributed by atoms with Gasteiger partial charge in [-0.1, -0.05) is 30.3 Å². The minimum absolute atomic E-state index is 0.492. The molecule has 0 bridgehead atoms. The van der Waals surface area contributed by atoms with E-state index in [1.165, 1.54) is 0 Å². The highest BCUT2D eigenvalue weighted by atomic mass is 16.5. The molecule has 0 heterocycles. The van der Waals surface area contributed by atoms with Crippen LogP contribution in [-0.4, -0.2) is 7.11 Å². The van der Waals surface area contributed by atoms with Crippen LogP contribution in [0.4, 0.5) is 0 Å². The first-order valence-electron chi connectivity index (χ1n) is 6.04. The van der Waals surface area contributed by atoms with Crippen molar-refractivity contribution in [3.8, 4) is 17.9 Å². The van der Waals surface area contributed by atoms with E-state index < -0.39 is 0 Å². The fourth-order valence-electron chi connectivity index (χ4n) is 1.88. The maximum absolute atomic E-state index is 9.33. The summed E-state index contributed by atoms with van der Waals surface area (Å²) < 4.78 is 5.27. The van der Waals surface area contributed by atoms with E-state index in [1.54, 1.807) is 31.4 Å². The van der Waals surface area contributed by atoms with Crippen molar-refractivity contribution in [1.82, 2.24) is 0 Å². The summed E-state index contributed by atoms with van der Waals surface area (Å²) >= 11 is 0. The monoisotopic (exact) mass is 260 g/mol. The number of para-hydroxylation sites is 1. The van der Waals surface area contributed by atoms with Crippen LogP contribution in [0.2, 0.25) is 0 Å². The molecule has 2 aromatic rings. The third kappa shape index (κ3) is 2.85. The summed E-state index contributed by atoms with van der Waals surface area (Å²) in [6.07, 6.45) is 1.76. The lowest BCUT2D eigenvalue weighted by molar-refractivity contribution is 0.414. The smallest absolute Gasteiger partial charge is 0.126 e. The van der Waals surface area contributed by atoms with Gasteiger partial charge in [-0.3, -0.25) is 0 Å². The first-order chi connectivity index (χ1) is 9.78. The van der Waals surface area contributed by atoms with Gasteiger partial charge in [-0.05, 0) is 29.8 Å². The summed E-state index contributed by atoms with van der Waals surface area (Å²) in [5.41, 5.74) is 2.57. The van der Waals surface area contributed by atoms with E-state index in [1.807, 2.05) is 30.3 Å². The fourth-order valence-corrected chi connectivity index (χ4v) is 1.88. The number of hydrogen-bond acceptors (Lipinski definition) is 3. The maximum Gasteiger partial charge on any atom is 0.126 e. The maximum atomic E-state index is 9.33. The molecule has 3 nitrogen and oxygen atoms in total. The number of hydrogen-bond donors (Lipinski definition) is 0. The van der Waals surface area contributed by atoms with E-state index in [-0.39, 0.29) is 0 Å². The lowest BCUT2D eigenvalue weighted by Crippen LogP contribution is -1.88. The van der Waals surface area contributed by atoms with E-state index in [0.29, 0.717) is 16.9 Å². The van der Waals surface area contributed by atoms with Crippen molar-refractivity contribution in [2.75, 3.05) is 7.11 Å². The van der Waals surface area contributed by atoms with Crippen molar-refractivity contribution in [2.24, 2.45) is 0 Å². The van der Waals surface area contributed by atoms with Crippen molar-refractivity contribution < 1.29 is 4.74 Å². The van der Waals surface area contributed by atoms with Crippen LogP contribution in [-0.2, 0) is 0 Å². The topological polar surface area (TPSA) is 56.8 Å². The van der Waals surface area contributed by atoms with Crippen molar-refractivity contribution in [1.29, 1.82) is 10.5 Å². The summed E-state index contributed by atoms with van der Waals surface area (Å²) in [6.45, 7) is 0.